The molecular weight excluding hydrogens is 290 g/mol. The van der Waals surface area contributed by atoms with E-state index in [1.54, 1.807) is 7.11 Å². The summed E-state index contributed by atoms with van der Waals surface area (Å²) in [6.07, 6.45) is 1.53. The van der Waals surface area contributed by atoms with Crippen LogP contribution in [-0.2, 0) is 0 Å². The molecule has 0 saturated heterocycles. The van der Waals surface area contributed by atoms with Crippen molar-refractivity contribution in [2.75, 3.05) is 12.4 Å². The van der Waals surface area contributed by atoms with Gasteiger partial charge in [-0.25, -0.2) is 9.97 Å². The minimum atomic E-state index is 0.613. The predicted molar refractivity (Wildman–Crippen MR) is 88.9 cm³/mol. The van der Waals surface area contributed by atoms with E-state index in [0.717, 1.165) is 27.9 Å². The Morgan fingerprint density at radius 3 is 2.74 bits per heavy atom. The molecule has 23 heavy (non-hydrogen) atoms. The first-order valence-electron chi connectivity index (χ1n) is 7.12. The Morgan fingerprint density at radius 1 is 0.913 bits per heavy atom. The molecule has 0 radical (unpaired) electrons. The average Bonchev–Trinajstić information content (AvgIpc) is 2.62. The van der Waals surface area contributed by atoms with Crippen LogP contribution < -0.4 is 10.1 Å². The van der Waals surface area contributed by atoms with Crippen molar-refractivity contribution in [2.45, 2.75) is 0 Å². The monoisotopic (exact) mass is 303 g/mol. The number of nitrogens with one attached hydrogen (secondary N) is 1. The molecule has 0 spiro atoms. The van der Waals surface area contributed by atoms with E-state index in [4.69, 9.17) is 4.74 Å². The van der Waals surface area contributed by atoms with Gasteiger partial charge >= 0.3 is 0 Å². The highest BCUT2D eigenvalue weighted by molar-refractivity contribution is 6.04. The summed E-state index contributed by atoms with van der Waals surface area (Å²) in [6.45, 7) is 0. The topological polar surface area (TPSA) is 72.8 Å². The maximum atomic E-state index is 5.24. The third kappa shape index (κ3) is 2.40. The summed E-state index contributed by atoms with van der Waals surface area (Å²) in [4.78, 5) is 8.67. The second-order valence-corrected chi connectivity index (χ2v) is 4.99. The van der Waals surface area contributed by atoms with Crippen LogP contribution in [0.3, 0.4) is 0 Å². The SMILES string of the molecule is COc1cccc(Nc2ncnc3c2nnc2ccccc23)c1. The molecule has 0 aliphatic heterocycles. The Hall–Kier alpha value is -3.28. The fourth-order valence-electron chi connectivity index (χ4n) is 2.46. The number of rotatable bonds is 3. The lowest BCUT2D eigenvalue weighted by atomic mass is 10.2. The van der Waals surface area contributed by atoms with E-state index in [1.165, 1.54) is 6.33 Å². The molecule has 0 aliphatic rings. The molecule has 0 saturated carbocycles. The number of benzene rings is 2. The molecule has 2 aromatic carbocycles. The lowest BCUT2D eigenvalue weighted by Gasteiger charge is -2.09. The van der Waals surface area contributed by atoms with Crippen molar-refractivity contribution in [3.05, 3.63) is 54.9 Å². The van der Waals surface area contributed by atoms with Crippen molar-refractivity contribution in [1.82, 2.24) is 20.2 Å². The summed E-state index contributed by atoms with van der Waals surface area (Å²) in [5.74, 6) is 1.38. The van der Waals surface area contributed by atoms with E-state index in [0.29, 0.717) is 11.3 Å². The summed E-state index contributed by atoms with van der Waals surface area (Å²) in [6, 6.07) is 15.4. The summed E-state index contributed by atoms with van der Waals surface area (Å²) in [5, 5.41) is 12.7. The number of hydrogen-bond acceptors (Lipinski definition) is 6. The highest BCUT2D eigenvalue weighted by atomic mass is 16.5. The number of fused-ring (bicyclic) bond motifs is 3. The Balaban J connectivity index is 1.85. The third-order valence-electron chi connectivity index (χ3n) is 3.57. The van der Waals surface area contributed by atoms with Gasteiger partial charge in [-0.3, -0.25) is 0 Å². The van der Waals surface area contributed by atoms with E-state index in [2.05, 4.69) is 25.5 Å². The molecule has 0 amide bonds. The lowest BCUT2D eigenvalue weighted by Crippen LogP contribution is -1.99. The number of anilines is 2. The average molecular weight is 303 g/mol. The molecule has 6 nitrogen and oxygen atoms in total. The van der Waals surface area contributed by atoms with Gasteiger partial charge in [0.15, 0.2) is 11.3 Å². The van der Waals surface area contributed by atoms with Crippen molar-refractivity contribution in [3.8, 4) is 5.75 Å². The molecule has 112 valence electrons. The fraction of sp³-hybridized carbons (Fsp3) is 0.0588. The molecule has 4 aromatic rings. The number of ether oxygens (including phenoxy) is 1. The molecule has 0 fully saturated rings. The Bertz CT molecular complexity index is 1000. The van der Waals surface area contributed by atoms with Crippen LogP contribution in [0.5, 0.6) is 5.75 Å². The molecule has 2 heterocycles. The van der Waals surface area contributed by atoms with Gasteiger partial charge in [-0.05, 0) is 18.2 Å². The number of hydrogen-bond donors (Lipinski definition) is 1. The quantitative estimate of drug-likeness (QED) is 0.585. The third-order valence-corrected chi connectivity index (χ3v) is 3.57. The standard InChI is InChI=1S/C17H13N5O/c1-23-12-6-4-5-11(9-12)20-17-16-15(18-10-19-17)13-7-2-3-8-14(13)21-22-16/h2-10H,1H3,(H,18,19,20). The van der Waals surface area contributed by atoms with Gasteiger partial charge in [0.05, 0.1) is 12.6 Å². The molecular formula is C17H13N5O. The van der Waals surface area contributed by atoms with E-state index >= 15 is 0 Å². The van der Waals surface area contributed by atoms with Gasteiger partial charge in [-0.15, -0.1) is 10.2 Å². The Kier molecular flexibility index (Phi) is 3.20. The van der Waals surface area contributed by atoms with Crippen molar-refractivity contribution in [1.29, 1.82) is 0 Å². The zero-order valence-electron chi connectivity index (χ0n) is 12.4. The van der Waals surface area contributed by atoms with Crippen molar-refractivity contribution >= 4 is 33.4 Å². The second kappa shape index (κ2) is 5.49. The van der Waals surface area contributed by atoms with Crippen LogP contribution >= 0.6 is 0 Å². The molecule has 0 aliphatic carbocycles. The van der Waals surface area contributed by atoms with Crippen LogP contribution in [0, 0.1) is 0 Å². The number of aromatic nitrogens is 4. The van der Waals surface area contributed by atoms with Crippen LogP contribution in [-0.4, -0.2) is 27.3 Å². The highest BCUT2D eigenvalue weighted by Crippen LogP contribution is 2.26. The van der Waals surface area contributed by atoms with Gasteiger partial charge in [-0.2, -0.15) is 0 Å². The van der Waals surface area contributed by atoms with E-state index in [9.17, 15) is 0 Å². The van der Waals surface area contributed by atoms with Crippen LogP contribution in [0.15, 0.2) is 54.9 Å². The maximum Gasteiger partial charge on any atom is 0.162 e. The van der Waals surface area contributed by atoms with Gasteiger partial charge in [0.1, 0.15) is 17.6 Å². The first kappa shape index (κ1) is 13.4. The number of methoxy groups -OCH3 is 1. The van der Waals surface area contributed by atoms with Crippen LogP contribution in [0.2, 0.25) is 0 Å². The van der Waals surface area contributed by atoms with Crippen LogP contribution in [0.1, 0.15) is 0 Å². The summed E-state index contributed by atoms with van der Waals surface area (Å²) in [5.41, 5.74) is 3.08. The van der Waals surface area contributed by atoms with Crippen molar-refractivity contribution < 1.29 is 4.74 Å². The largest absolute Gasteiger partial charge is 0.497 e. The molecule has 0 bridgehead atoms. The first-order valence-corrected chi connectivity index (χ1v) is 7.12. The molecule has 2 aromatic heterocycles. The Morgan fingerprint density at radius 2 is 1.83 bits per heavy atom. The van der Waals surface area contributed by atoms with Gasteiger partial charge in [0.2, 0.25) is 0 Å². The second-order valence-electron chi connectivity index (χ2n) is 4.99. The molecule has 4 rings (SSSR count). The van der Waals surface area contributed by atoms with Gasteiger partial charge in [-0.1, -0.05) is 24.3 Å². The van der Waals surface area contributed by atoms with Gasteiger partial charge in [0, 0.05) is 17.1 Å². The van der Waals surface area contributed by atoms with Crippen molar-refractivity contribution in [3.63, 3.8) is 0 Å². The normalized spacial score (nSPS) is 10.8. The van der Waals surface area contributed by atoms with Gasteiger partial charge in [0.25, 0.3) is 0 Å². The minimum absolute atomic E-state index is 0.613. The zero-order valence-corrected chi connectivity index (χ0v) is 12.4. The van der Waals surface area contributed by atoms with E-state index < -0.39 is 0 Å². The minimum Gasteiger partial charge on any atom is -0.497 e. The first-order chi connectivity index (χ1) is 11.3. The predicted octanol–water partition coefficient (Wildman–Crippen LogP) is 3.33. The molecule has 1 N–H and O–H groups in total. The molecule has 0 atom stereocenters. The van der Waals surface area contributed by atoms with Crippen molar-refractivity contribution in [2.24, 2.45) is 0 Å². The molecule has 0 unspecified atom stereocenters. The highest BCUT2D eigenvalue weighted by Gasteiger charge is 2.10. The fourth-order valence-corrected chi connectivity index (χ4v) is 2.46. The van der Waals surface area contributed by atoms with Crippen LogP contribution in [0.25, 0.3) is 21.9 Å². The maximum absolute atomic E-state index is 5.24. The number of nitrogens with zero attached hydrogens (tertiary/aromatic N) is 4. The summed E-state index contributed by atoms with van der Waals surface area (Å²) in [7, 11) is 1.64. The van der Waals surface area contributed by atoms with E-state index in [-0.39, 0.29) is 0 Å². The van der Waals surface area contributed by atoms with Crippen LogP contribution in [0.4, 0.5) is 11.5 Å². The lowest BCUT2D eigenvalue weighted by molar-refractivity contribution is 0.415. The summed E-state index contributed by atoms with van der Waals surface area (Å²) >= 11 is 0. The zero-order chi connectivity index (χ0) is 15.6. The smallest absolute Gasteiger partial charge is 0.162 e. The summed E-state index contributed by atoms with van der Waals surface area (Å²) < 4.78 is 5.24. The Labute approximate surface area is 132 Å². The van der Waals surface area contributed by atoms with Gasteiger partial charge < -0.3 is 10.1 Å². The van der Waals surface area contributed by atoms with E-state index in [1.807, 2.05) is 48.5 Å². The molecule has 6 heteroatoms.